The first-order valence-corrected chi connectivity index (χ1v) is 8.26. The number of rotatable bonds is 3. The molecule has 0 atom stereocenters. The van der Waals surface area contributed by atoms with Crippen LogP contribution in [-0.2, 0) is 7.05 Å². The van der Waals surface area contributed by atoms with E-state index in [2.05, 4.69) is 21.0 Å². The molecule has 0 radical (unpaired) electrons. The van der Waals surface area contributed by atoms with Gasteiger partial charge in [-0.05, 0) is 34.1 Å². The molecular weight excluding hydrogens is 440 g/mol. The Morgan fingerprint density at radius 2 is 2.04 bits per heavy atom. The first-order chi connectivity index (χ1) is 11.7. The molecule has 0 saturated heterocycles. The number of nitro benzene ring substituents is 1. The smallest absolute Gasteiger partial charge is 0.282 e. The van der Waals surface area contributed by atoms with Crippen molar-refractivity contribution in [3.05, 3.63) is 66.0 Å². The number of carbonyl (C=O) groups is 1. The fourth-order valence-electron chi connectivity index (χ4n) is 2.42. The summed E-state index contributed by atoms with van der Waals surface area (Å²) in [6.45, 7) is 0. The molecule has 0 amide bonds. The summed E-state index contributed by atoms with van der Waals surface area (Å²) < 4.78 is 14.9. The minimum atomic E-state index is -0.799. The highest BCUT2D eigenvalue weighted by molar-refractivity contribution is 9.10. The minimum absolute atomic E-state index is 0.0215. The van der Waals surface area contributed by atoms with Crippen LogP contribution in [0.3, 0.4) is 0 Å². The van der Waals surface area contributed by atoms with Crippen molar-refractivity contribution in [2.75, 3.05) is 0 Å². The van der Waals surface area contributed by atoms with Crippen LogP contribution < -0.4 is 0 Å². The number of benzene rings is 2. The summed E-state index contributed by atoms with van der Waals surface area (Å²) in [5.74, 6) is -1.49. The molecule has 0 unspecified atom stereocenters. The number of aryl methyl sites for hydroxylation is 1. The molecule has 2 aromatic carbocycles. The minimum Gasteiger partial charge on any atom is -0.288 e. The van der Waals surface area contributed by atoms with Crippen LogP contribution in [0.5, 0.6) is 0 Å². The molecule has 1 heterocycles. The van der Waals surface area contributed by atoms with E-state index >= 15 is 0 Å². The lowest BCUT2D eigenvalue weighted by atomic mass is 10.00. The van der Waals surface area contributed by atoms with Crippen molar-refractivity contribution in [2.45, 2.75) is 0 Å². The summed E-state index contributed by atoms with van der Waals surface area (Å²) in [5.41, 5.74) is -0.680. The summed E-state index contributed by atoms with van der Waals surface area (Å²) >= 11 is 15.2. The maximum Gasteiger partial charge on any atom is 0.282 e. The Balaban J connectivity index is 2.36. The van der Waals surface area contributed by atoms with Crippen molar-refractivity contribution < 1.29 is 14.1 Å². The average molecular weight is 447 g/mol. The molecule has 0 spiro atoms. The van der Waals surface area contributed by atoms with Gasteiger partial charge in [0.1, 0.15) is 22.1 Å². The van der Waals surface area contributed by atoms with Crippen LogP contribution in [0.15, 0.2) is 28.7 Å². The highest BCUT2D eigenvalue weighted by Crippen LogP contribution is 2.39. The molecule has 0 aliphatic rings. The zero-order chi connectivity index (χ0) is 18.5. The molecule has 10 heteroatoms. The number of aromatic nitrogens is 2. The molecule has 3 rings (SSSR count). The zero-order valence-electron chi connectivity index (χ0n) is 12.4. The van der Waals surface area contributed by atoms with Gasteiger partial charge in [-0.2, -0.15) is 5.10 Å². The molecule has 1 aromatic heterocycles. The van der Waals surface area contributed by atoms with Gasteiger partial charge in [-0.3, -0.25) is 19.6 Å². The van der Waals surface area contributed by atoms with Crippen LogP contribution in [0.1, 0.15) is 15.9 Å². The van der Waals surface area contributed by atoms with Crippen molar-refractivity contribution in [3.8, 4) is 0 Å². The molecule has 128 valence electrons. The van der Waals surface area contributed by atoms with Gasteiger partial charge >= 0.3 is 0 Å². The highest BCUT2D eigenvalue weighted by Gasteiger charge is 2.30. The summed E-state index contributed by atoms with van der Waals surface area (Å²) in [6, 6.07) is 4.39. The number of nitro groups is 1. The molecule has 6 nitrogen and oxygen atoms in total. The van der Waals surface area contributed by atoms with Gasteiger partial charge in [-0.1, -0.05) is 23.2 Å². The van der Waals surface area contributed by atoms with E-state index < -0.39 is 22.2 Å². The summed E-state index contributed by atoms with van der Waals surface area (Å²) in [5, 5.41) is 16.1. The molecule has 25 heavy (non-hydrogen) atoms. The monoisotopic (exact) mass is 445 g/mol. The largest absolute Gasteiger partial charge is 0.288 e. The first kappa shape index (κ1) is 17.8. The van der Waals surface area contributed by atoms with Crippen molar-refractivity contribution in [3.63, 3.8) is 0 Å². The topological polar surface area (TPSA) is 78.0 Å². The Kier molecular flexibility index (Phi) is 4.52. The van der Waals surface area contributed by atoms with Gasteiger partial charge in [-0.25, -0.2) is 4.39 Å². The Hall–Kier alpha value is -2.03. The second-order valence-electron chi connectivity index (χ2n) is 5.11. The fraction of sp³-hybridized carbons (Fsp3) is 0.0667. The fourth-order valence-corrected chi connectivity index (χ4v) is 3.48. The third kappa shape index (κ3) is 2.90. The SMILES string of the molecule is Cn1nc2c(Br)c(C(=O)c3cc(F)ccc3Cl)c([N+](=O)[O-])cc2c1Cl. The van der Waals surface area contributed by atoms with E-state index in [4.69, 9.17) is 23.2 Å². The number of fused-ring (bicyclic) bond motifs is 1. The Labute approximate surface area is 158 Å². The predicted molar refractivity (Wildman–Crippen MR) is 94.9 cm³/mol. The third-order valence-electron chi connectivity index (χ3n) is 3.57. The molecule has 0 saturated carbocycles. The van der Waals surface area contributed by atoms with Gasteiger partial charge in [0.15, 0.2) is 0 Å². The molecule has 0 aliphatic carbocycles. The molecule has 0 aliphatic heterocycles. The Morgan fingerprint density at radius 3 is 2.68 bits per heavy atom. The van der Waals surface area contributed by atoms with E-state index in [0.717, 1.165) is 18.2 Å². The van der Waals surface area contributed by atoms with Crippen LogP contribution in [-0.4, -0.2) is 20.5 Å². The third-order valence-corrected chi connectivity index (χ3v) is 5.12. The molecule has 0 fully saturated rings. The lowest BCUT2D eigenvalue weighted by Gasteiger charge is -2.08. The van der Waals surface area contributed by atoms with Crippen LogP contribution in [0.4, 0.5) is 10.1 Å². The van der Waals surface area contributed by atoms with Gasteiger partial charge in [0.05, 0.1) is 14.4 Å². The molecule has 0 N–H and O–H groups in total. The van der Waals surface area contributed by atoms with Crippen LogP contribution in [0.25, 0.3) is 10.9 Å². The summed E-state index contributed by atoms with van der Waals surface area (Å²) in [7, 11) is 1.56. The Morgan fingerprint density at radius 1 is 1.36 bits per heavy atom. The van der Waals surface area contributed by atoms with Gasteiger partial charge < -0.3 is 0 Å². The van der Waals surface area contributed by atoms with Crippen LogP contribution in [0.2, 0.25) is 10.2 Å². The highest BCUT2D eigenvalue weighted by atomic mass is 79.9. The van der Waals surface area contributed by atoms with Gasteiger partial charge in [0.2, 0.25) is 5.78 Å². The quantitative estimate of drug-likeness (QED) is 0.325. The van der Waals surface area contributed by atoms with E-state index in [1.165, 1.54) is 10.7 Å². The maximum absolute atomic E-state index is 13.5. The van der Waals surface area contributed by atoms with Crippen molar-refractivity contribution in [2.24, 2.45) is 7.05 Å². The van der Waals surface area contributed by atoms with Crippen LogP contribution in [0, 0.1) is 15.9 Å². The number of carbonyl (C=O) groups excluding carboxylic acids is 1. The summed E-state index contributed by atoms with van der Waals surface area (Å²) in [6.07, 6.45) is 0. The second kappa shape index (κ2) is 6.36. The standard InChI is InChI=1S/C15H7BrCl2FN3O3/c1-21-15(18)8-5-10(22(24)25)11(12(16)13(8)20-21)14(23)7-4-6(19)2-3-9(7)17/h2-5H,1H3. The zero-order valence-corrected chi connectivity index (χ0v) is 15.5. The van der Waals surface area contributed by atoms with Crippen molar-refractivity contribution in [1.82, 2.24) is 9.78 Å². The van der Waals surface area contributed by atoms with Crippen molar-refractivity contribution >= 4 is 61.5 Å². The molecule has 3 aromatic rings. The summed E-state index contributed by atoms with van der Waals surface area (Å²) in [4.78, 5) is 23.6. The van der Waals surface area contributed by atoms with Crippen molar-refractivity contribution in [1.29, 1.82) is 0 Å². The molecular formula is C15H7BrCl2FN3O3. The number of halogens is 4. The van der Waals surface area contributed by atoms with E-state index in [9.17, 15) is 19.3 Å². The average Bonchev–Trinajstić information content (AvgIpc) is 2.84. The van der Waals surface area contributed by atoms with Crippen LogP contribution >= 0.6 is 39.1 Å². The number of nitrogens with zero attached hydrogens (tertiary/aromatic N) is 3. The number of ketones is 1. The lowest BCUT2D eigenvalue weighted by molar-refractivity contribution is -0.385. The van der Waals surface area contributed by atoms with E-state index in [1.54, 1.807) is 7.05 Å². The van der Waals surface area contributed by atoms with E-state index in [1.807, 2.05) is 0 Å². The van der Waals surface area contributed by atoms with Gasteiger partial charge in [0, 0.05) is 24.1 Å². The number of hydrogen-bond donors (Lipinski definition) is 0. The normalized spacial score (nSPS) is 11.1. The lowest BCUT2D eigenvalue weighted by Crippen LogP contribution is -2.08. The number of hydrogen-bond acceptors (Lipinski definition) is 4. The maximum atomic E-state index is 13.5. The molecule has 0 bridgehead atoms. The van der Waals surface area contributed by atoms with Gasteiger partial charge in [0.25, 0.3) is 5.69 Å². The second-order valence-corrected chi connectivity index (χ2v) is 6.66. The first-order valence-electron chi connectivity index (χ1n) is 6.71. The van der Waals surface area contributed by atoms with Gasteiger partial charge in [-0.15, -0.1) is 0 Å². The van der Waals surface area contributed by atoms with E-state index in [-0.39, 0.29) is 31.3 Å². The Bertz CT molecular complexity index is 1070. The van der Waals surface area contributed by atoms with E-state index in [0.29, 0.717) is 5.39 Å². The predicted octanol–water partition coefficient (Wildman–Crippen LogP) is 4.92.